The van der Waals surface area contributed by atoms with Gasteiger partial charge in [-0.05, 0) is 42.0 Å². The van der Waals surface area contributed by atoms with Crippen LogP contribution in [0.1, 0.15) is 17.2 Å². The van der Waals surface area contributed by atoms with Crippen LogP contribution in [-0.2, 0) is 24.1 Å². The zero-order valence-electron chi connectivity index (χ0n) is 20.9. The van der Waals surface area contributed by atoms with Crippen molar-refractivity contribution in [1.29, 1.82) is 0 Å². The summed E-state index contributed by atoms with van der Waals surface area (Å²) in [5.41, 5.74) is -2.23. The monoisotopic (exact) mass is 609 g/mol. The van der Waals surface area contributed by atoms with Crippen LogP contribution >= 0.6 is 11.6 Å². The van der Waals surface area contributed by atoms with E-state index in [0.717, 1.165) is 25.2 Å². The number of nitrogens with one attached hydrogen (secondary N) is 1. The Morgan fingerprint density at radius 2 is 1.73 bits per heavy atom. The molecule has 2 amide bonds. The van der Waals surface area contributed by atoms with Gasteiger partial charge in [0.25, 0.3) is 0 Å². The van der Waals surface area contributed by atoms with Crippen molar-refractivity contribution in [2.75, 3.05) is 13.6 Å². The average molecular weight is 610 g/mol. The highest BCUT2D eigenvalue weighted by molar-refractivity contribution is 6.30. The number of benzene rings is 2. The molecule has 10 nitrogen and oxygen atoms in total. The molecule has 1 aromatic heterocycles. The van der Waals surface area contributed by atoms with Gasteiger partial charge in [-0.15, -0.1) is 5.10 Å². The van der Waals surface area contributed by atoms with E-state index in [0.29, 0.717) is 14.1 Å². The molecule has 2 aromatic carbocycles. The fraction of sp³-hybridized carbons (Fsp3) is 0.333. The van der Waals surface area contributed by atoms with Crippen LogP contribution in [0.2, 0.25) is 5.02 Å². The second-order valence-corrected chi connectivity index (χ2v) is 9.28. The van der Waals surface area contributed by atoms with Gasteiger partial charge >= 0.3 is 24.1 Å². The molecule has 0 saturated heterocycles. The summed E-state index contributed by atoms with van der Waals surface area (Å²) < 4.78 is 79.9. The van der Waals surface area contributed by atoms with Crippen molar-refractivity contribution in [3.8, 4) is 11.4 Å². The molecule has 0 spiro atoms. The summed E-state index contributed by atoms with van der Waals surface area (Å²) in [5.74, 6) is -1.35. The molecule has 3 aromatic rings. The first-order valence-corrected chi connectivity index (χ1v) is 11.9. The van der Waals surface area contributed by atoms with Crippen molar-refractivity contribution >= 4 is 23.6 Å². The van der Waals surface area contributed by atoms with Gasteiger partial charge in [-0.3, -0.25) is 9.36 Å². The Balaban J connectivity index is 1.96. The fourth-order valence-corrected chi connectivity index (χ4v) is 3.82. The van der Waals surface area contributed by atoms with Crippen molar-refractivity contribution in [3.63, 3.8) is 0 Å². The van der Waals surface area contributed by atoms with Gasteiger partial charge in [-0.1, -0.05) is 23.7 Å². The second-order valence-electron chi connectivity index (χ2n) is 8.85. The number of halogens is 7. The van der Waals surface area contributed by atoms with Gasteiger partial charge in [0, 0.05) is 24.2 Å². The SMILES string of the molecule is CN(CC(NC(=O)Cn1nc(-c2ccc(Cl)cc2)n(C[C@H](O)C(F)(F)F)c1=O)c1cccc(C(F)(F)F)c1)C(=O)O. The van der Waals surface area contributed by atoms with E-state index in [2.05, 4.69) is 10.4 Å². The molecule has 222 valence electrons. The molecular formula is C24H22ClF6N5O5. The molecular weight excluding hydrogens is 588 g/mol. The highest BCUT2D eigenvalue weighted by Gasteiger charge is 2.39. The summed E-state index contributed by atoms with van der Waals surface area (Å²) in [6.07, 6.45) is -14.2. The minimum absolute atomic E-state index is 0.102. The Kier molecular flexibility index (Phi) is 9.38. The number of likely N-dealkylation sites (N-methyl/N-ethyl adjacent to an activating group) is 1. The number of hydrogen-bond acceptors (Lipinski definition) is 5. The summed E-state index contributed by atoms with van der Waals surface area (Å²) in [7, 11) is 1.12. The van der Waals surface area contributed by atoms with Crippen LogP contribution in [0, 0.1) is 0 Å². The predicted octanol–water partition coefficient (Wildman–Crippen LogP) is 3.77. The topological polar surface area (TPSA) is 130 Å². The smallest absolute Gasteiger partial charge is 0.416 e. The first kappa shape index (κ1) is 31.5. The van der Waals surface area contributed by atoms with Crippen LogP contribution < -0.4 is 11.0 Å². The van der Waals surface area contributed by atoms with Crippen molar-refractivity contribution in [2.45, 2.75) is 37.6 Å². The van der Waals surface area contributed by atoms with Crippen LogP contribution in [0.5, 0.6) is 0 Å². The van der Waals surface area contributed by atoms with Gasteiger partial charge in [0.2, 0.25) is 5.91 Å². The number of aromatic nitrogens is 3. The van der Waals surface area contributed by atoms with Gasteiger partial charge in [0.05, 0.1) is 18.2 Å². The number of carbonyl (C=O) groups is 2. The average Bonchev–Trinajstić information content (AvgIpc) is 3.17. The van der Waals surface area contributed by atoms with Crippen LogP contribution in [0.25, 0.3) is 11.4 Å². The Morgan fingerprint density at radius 1 is 1.10 bits per heavy atom. The largest absolute Gasteiger partial charge is 0.465 e. The summed E-state index contributed by atoms with van der Waals surface area (Å²) in [6.45, 7) is -2.64. The molecule has 0 radical (unpaired) electrons. The number of alkyl halides is 6. The maximum absolute atomic E-state index is 13.2. The highest BCUT2D eigenvalue weighted by Crippen LogP contribution is 2.31. The minimum atomic E-state index is -5.08. The molecule has 0 saturated carbocycles. The van der Waals surface area contributed by atoms with Gasteiger partial charge in [-0.2, -0.15) is 26.3 Å². The lowest BCUT2D eigenvalue weighted by Gasteiger charge is -2.24. The Labute approximate surface area is 232 Å². The number of hydrogen-bond donors (Lipinski definition) is 3. The number of carboxylic acid groups (broad SMARTS) is 1. The second kappa shape index (κ2) is 12.2. The maximum Gasteiger partial charge on any atom is 0.416 e. The van der Waals surface area contributed by atoms with E-state index in [1.165, 1.54) is 30.3 Å². The summed E-state index contributed by atoms with van der Waals surface area (Å²) in [4.78, 5) is 37.9. The highest BCUT2D eigenvalue weighted by atomic mass is 35.5. The lowest BCUT2D eigenvalue weighted by Crippen LogP contribution is -2.41. The molecule has 1 unspecified atom stereocenters. The first-order valence-electron chi connectivity index (χ1n) is 11.6. The number of nitrogens with zero attached hydrogens (tertiary/aromatic N) is 4. The standard InChI is InChI=1S/C24H22ClF6N5O5/c1-34(22(40)41)10-17(14-3-2-4-15(9-14)23(26,27)28)32-19(38)12-36-21(39)35(11-18(37)24(29,30)31)20(33-36)13-5-7-16(25)8-6-13/h2-9,17-18,37H,10-12H2,1H3,(H,32,38)(H,40,41)/t17?,18-/m0/s1. The lowest BCUT2D eigenvalue weighted by atomic mass is 10.0. The molecule has 0 aliphatic rings. The third-order valence-corrected chi connectivity index (χ3v) is 6.04. The van der Waals surface area contributed by atoms with E-state index in [-0.39, 0.29) is 22.0 Å². The number of rotatable bonds is 9. The normalized spacial score (nSPS) is 13.5. The van der Waals surface area contributed by atoms with E-state index in [1.807, 2.05) is 0 Å². The molecule has 3 rings (SSSR count). The number of aliphatic hydroxyl groups is 1. The lowest BCUT2D eigenvalue weighted by molar-refractivity contribution is -0.207. The molecule has 2 atom stereocenters. The van der Waals surface area contributed by atoms with Crippen molar-refractivity contribution < 1.29 is 46.1 Å². The van der Waals surface area contributed by atoms with Gasteiger partial charge in [-0.25, -0.2) is 14.3 Å². The molecule has 0 bridgehead atoms. The Morgan fingerprint density at radius 3 is 2.29 bits per heavy atom. The van der Waals surface area contributed by atoms with E-state index >= 15 is 0 Å². The first-order chi connectivity index (χ1) is 19.0. The van der Waals surface area contributed by atoms with Crippen molar-refractivity contribution in [3.05, 3.63) is 75.2 Å². The summed E-state index contributed by atoms with van der Waals surface area (Å²) in [5, 5.41) is 25.3. The Bertz CT molecular complexity index is 1450. The molecule has 17 heteroatoms. The minimum Gasteiger partial charge on any atom is -0.465 e. The molecule has 3 N–H and O–H groups in total. The predicted molar refractivity (Wildman–Crippen MR) is 132 cm³/mol. The number of amides is 2. The van der Waals surface area contributed by atoms with Gasteiger partial charge < -0.3 is 20.4 Å². The van der Waals surface area contributed by atoms with E-state index in [1.54, 1.807) is 0 Å². The fourth-order valence-electron chi connectivity index (χ4n) is 3.69. The van der Waals surface area contributed by atoms with Crippen molar-refractivity contribution in [1.82, 2.24) is 24.6 Å². The zero-order valence-corrected chi connectivity index (χ0v) is 21.7. The number of aliphatic hydroxyl groups excluding tert-OH is 1. The number of carbonyl (C=O) groups excluding carboxylic acids is 1. The van der Waals surface area contributed by atoms with Crippen LogP contribution in [0.15, 0.2) is 53.3 Å². The van der Waals surface area contributed by atoms with Crippen molar-refractivity contribution in [2.24, 2.45) is 0 Å². The van der Waals surface area contributed by atoms with Gasteiger partial charge in [0.15, 0.2) is 11.9 Å². The molecule has 0 aliphatic carbocycles. The molecule has 1 heterocycles. The van der Waals surface area contributed by atoms with E-state index < -0.39 is 67.4 Å². The third-order valence-electron chi connectivity index (χ3n) is 5.79. The van der Waals surface area contributed by atoms with Gasteiger partial charge in [0.1, 0.15) is 6.54 Å². The van der Waals surface area contributed by atoms with E-state index in [9.17, 15) is 50.9 Å². The quantitative estimate of drug-likeness (QED) is 0.317. The summed E-state index contributed by atoms with van der Waals surface area (Å²) >= 11 is 5.84. The zero-order chi connectivity index (χ0) is 30.7. The molecule has 41 heavy (non-hydrogen) atoms. The molecule has 0 aliphatic heterocycles. The van der Waals surface area contributed by atoms with Crippen LogP contribution in [0.3, 0.4) is 0 Å². The van der Waals surface area contributed by atoms with E-state index in [4.69, 9.17) is 11.6 Å². The Hall–Kier alpha value is -4.05. The van der Waals surface area contributed by atoms with Crippen LogP contribution in [0.4, 0.5) is 31.1 Å². The third kappa shape index (κ3) is 8.00. The van der Waals surface area contributed by atoms with Crippen LogP contribution in [-0.4, -0.2) is 67.3 Å². The molecule has 0 fully saturated rings. The maximum atomic E-state index is 13.2. The summed E-state index contributed by atoms with van der Waals surface area (Å²) in [6, 6.07) is 7.91.